The largest absolute Gasteiger partial charge is 0.480 e. The Labute approximate surface area is 187 Å². The maximum Gasteiger partial charge on any atom is 0.407 e. The van der Waals surface area contributed by atoms with E-state index in [1.54, 1.807) is 0 Å². The molecule has 0 heterocycles. The molecule has 0 saturated carbocycles. The molecule has 32 heavy (non-hydrogen) atoms. The molecule has 1 aliphatic rings. The van der Waals surface area contributed by atoms with E-state index in [1.807, 2.05) is 48.5 Å². The summed E-state index contributed by atoms with van der Waals surface area (Å²) in [6.45, 7) is -0.0217. The molecule has 2 N–H and O–H groups in total. The van der Waals surface area contributed by atoms with Gasteiger partial charge in [0.15, 0.2) is 0 Å². The number of ether oxygens (including phenoxy) is 1. The Morgan fingerprint density at radius 3 is 2.19 bits per heavy atom. The second kappa shape index (κ2) is 8.96. The fraction of sp³-hybridized carbons (Fsp3) is 0.167. The van der Waals surface area contributed by atoms with Gasteiger partial charge in [-0.2, -0.15) is 0 Å². The molecule has 1 aliphatic carbocycles. The number of rotatable bonds is 6. The summed E-state index contributed by atoms with van der Waals surface area (Å²) in [5, 5.41) is 11.3. The average Bonchev–Trinajstić information content (AvgIpc) is 3.11. The van der Waals surface area contributed by atoms with Gasteiger partial charge in [0.2, 0.25) is 0 Å². The van der Waals surface area contributed by atoms with E-state index in [0.717, 1.165) is 34.4 Å². The van der Waals surface area contributed by atoms with E-state index in [9.17, 15) is 23.5 Å². The van der Waals surface area contributed by atoms with E-state index in [4.69, 9.17) is 16.3 Å². The van der Waals surface area contributed by atoms with Crippen molar-refractivity contribution in [2.45, 2.75) is 18.4 Å². The fourth-order valence-corrected chi connectivity index (χ4v) is 4.12. The summed E-state index contributed by atoms with van der Waals surface area (Å²) < 4.78 is 33.5. The summed E-state index contributed by atoms with van der Waals surface area (Å²) >= 11 is 5.66. The van der Waals surface area contributed by atoms with E-state index in [-0.39, 0.29) is 17.5 Å². The van der Waals surface area contributed by atoms with Crippen LogP contribution in [0, 0.1) is 11.6 Å². The Morgan fingerprint density at radius 1 is 1.00 bits per heavy atom. The second-order valence-electron chi connectivity index (χ2n) is 7.39. The summed E-state index contributed by atoms with van der Waals surface area (Å²) in [6, 6.07) is 15.9. The molecule has 8 heteroatoms. The van der Waals surface area contributed by atoms with Crippen LogP contribution in [0.5, 0.6) is 0 Å². The topological polar surface area (TPSA) is 75.6 Å². The number of carboxylic acids is 1. The highest BCUT2D eigenvalue weighted by atomic mass is 35.5. The molecule has 5 nitrogen and oxygen atoms in total. The number of carbonyl (C=O) groups is 2. The van der Waals surface area contributed by atoms with Crippen molar-refractivity contribution in [3.05, 3.63) is 94.0 Å². The van der Waals surface area contributed by atoms with Crippen molar-refractivity contribution in [2.75, 3.05) is 6.61 Å². The smallest absolute Gasteiger partial charge is 0.407 e. The van der Waals surface area contributed by atoms with Crippen molar-refractivity contribution in [1.29, 1.82) is 0 Å². The third-order valence-electron chi connectivity index (χ3n) is 5.48. The molecule has 164 valence electrons. The predicted octanol–water partition coefficient (Wildman–Crippen LogP) is 5.15. The van der Waals surface area contributed by atoms with E-state index >= 15 is 0 Å². The summed E-state index contributed by atoms with van der Waals surface area (Å²) in [7, 11) is 0. The van der Waals surface area contributed by atoms with Gasteiger partial charge < -0.3 is 15.2 Å². The Balaban J connectivity index is 1.46. The summed E-state index contributed by atoms with van der Waals surface area (Å²) in [4.78, 5) is 23.9. The fourth-order valence-electron chi connectivity index (χ4n) is 3.94. The third kappa shape index (κ3) is 4.16. The number of hydrogen-bond donors (Lipinski definition) is 2. The summed E-state index contributed by atoms with van der Waals surface area (Å²) in [5.41, 5.74) is 3.57. The number of alkyl carbamates (subject to hydrolysis) is 1. The molecule has 0 fully saturated rings. The highest BCUT2D eigenvalue weighted by Gasteiger charge is 2.30. The minimum atomic E-state index is -1.60. The van der Waals surface area contributed by atoms with E-state index < -0.39 is 41.7 Å². The molecule has 0 radical (unpaired) electrons. The first kappa shape index (κ1) is 21.8. The quantitative estimate of drug-likeness (QED) is 0.502. The van der Waals surface area contributed by atoms with Gasteiger partial charge in [0, 0.05) is 17.9 Å². The highest BCUT2D eigenvalue weighted by molar-refractivity contribution is 6.30. The van der Waals surface area contributed by atoms with Crippen LogP contribution in [0.25, 0.3) is 11.1 Å². The van der Waals surface area contributed by atoms with Crippen LogP contribution in [0.1, 0.15) is 22.6 Å². The van der Waals surface area contributed by atoms with Crippen LogP contribution in [-0.2, 0) is 16.0 Å². The number of nitrogens with one attached hydrogen (secondary N) is 1. The molecule has 1 amide bonds. The SMILES string of the molecule is O=C(NC(Cc1c(F)ccc(Cl)c1F)C(=O)O)OCC1c2ccccc2-c2ccccc21. The number of carbonyl (C=O) groups excluding carboxylic acids is 1. The number of benzene rings is 3. The van der Waals surface area contributed by atoms with Gasteiger partial charge in [0.1, 0.15) is 24.3 Å². The van der Waals surface area contributed by atoms with Gasteiger partial charge in [-0.3, -0.25) is 0 Å². The Kier molecular flexibility index (Phi) is 6.10. The van der Waals surface area contributed by atoms with Gasteiger partial charge in [0.05, 0.1) is 5.02 Å². The first-order valence-electron chi connectivity index (χ1n) is 9.83. The standard InChI is InChI=1S/C24H18ClF2NO4/c25-19-9-10-20(26)17(22(19)27)11-21(23(29)30)28-24(31)32-12-18-15-7-3-1-5-13(15)14-6-2-4-8-16(14)18/h1-10,18,21H,11-12H2,(H,28,31)(H,29,30). The van der Waals surface area contributed by atoms with E-state index in [2.05, 4.69) is 5.32 Å². The minimum absolute atomic E-state index is 0.0217. The van der Waals surface area contributed by atoms with Crippen LogP contribution in [-0.4, -0.2) is 29.8 Å². The first-order valence-corrected chi connectivity index (χ1v) is 10.2. The van der Waals surface area contributed by atoms with Gasteiger partial charge in [0.25, 0.3) is 0 Å². The van der Waals surface area contributed by atoms with Gasteiger partial charge in [-0.1, -0.05) is 60.1 Å². The van der Waals surface area contributed by atoms with Crippen molar-refractivity contribution in [1.82, 2.24) is 5.32 Å². The zero-order valence-corrected chi connectivity index (χ0v) is 17.4. The van der Waals surface area contributed by atoms with E-state index in [1.165, 1.54) is 0 Å². The predicted molar refractivity (Wildman–Crippen MR) is 115 cm³/mol. The molecule has 4 rings (SSSR count). The van der Waals surface area contributed by atoms with Crippen LogP contribution in [0.3, 0.4) is 0 Å². The molecule has 1 unspecified atom stereocenters. The molecular weight excluding hydrogens is 440 g/mol. The molecule has 3 aromatic carbocycles. The second-order valence-corrected chi connectivity index (χ2v) is 7.79. The Bertz CT molecular complexity index is 1150. The lowest BCUT2D eigenvalue weighted by atomic mass is 9.98. The number of hydrogen-bond acceptors (Lipinski definition) is 3. The lowest BCUT2D eigenvalue weighted by Crippen LogP contribution is -2.43. The molecule has 3 aromatic rings. The lowest BCUT2D eigenvalue weighted by Gasteiger charge is -2.18. The number of aliphatic carboxylic acids is 1. The highest BCUT2D eigenvalue weighted by Crippen LogP contribution is 2.44. The molecule has 0 spiro atoms. The maximum absolute atomic E-state index is 14.1. The van der Waals surface area contributed by atoms with Crippen LogP contribution in [0.15, 0.2) is 60.7 Å². The molecule has 1 atom stereocenters. The number of amides is 1. The molecule has 0 aromatic heterocycles. The lowest BCUT2D eigenvalue weighted by molar-refractivity contribution is -0.139. The van der Waals surface area contributed by atoms with Crippen molar-refractivity contribution in [3.63, 3.8) is 0 Å². The third-order valence-corrected chi connectivity index (χ3v) is 5.77. The number of fused-ring (bicyclic) bond motifs is 3. The zero-order chi connectivity index (χ0) is 22.8. The first-order chi connectivity index (χ1) is 15.4. The molecule has 0 saturated heterocycles. The van der Waals surface area contributed by atoms with Gasteiger partial charge in [-0.05, 0) is 34.4 Å². The summed E-state index contributed by atoms with van der Waals surface area (Å²) in [5.74, 6) is -3.68. The van der Waals surface area contributed by atoms with Gasteiger partial charge in [-0.25, -0.2) is 18.4 Å². The monoisotopic (exact) mass is 457 g/mol. The van der Waals surface area contributed by atoms with Crippen LogP contribution in [0.4, 0.5) is 13.6 Å². The molecule has 0 bridgehead atoms. The Hall–Kier alpha value is -3.45. The average molecular weight is 458 g/mol. The Morgan fingerprint density at radius 2 is 1.59 bits per heavy atom. The van der Waals surface area contributed by atoms with Crippen molar-refractivity contribution >= 4 is 23.7 Å². The van der Waals surface area contributed by atoms with Crippen LogP contribution >= 0.6 is 11.6 Å². The number of carboxylic acid groups (broad SMARTS) is 1. The van der Waals surface area contributed by atoms with Crippen molar-refractivity contribution < 1.29 is 28.2 Å². The molecular formula is C24H18ClF2NO4. The van der Waals surface area contributed by atoms with Crippen LogP contribution in [0.2, 0.25) is 5.02 Å². The van der Waals surface area contributed by atoms with Gasteiger partial charge >= 0.3 is 12.1 Å². The van der Waals surface area contributed by atoms with Gasteiger partial charge in [-0.15, -0.1) is 0 Å². The maximum atomic E-state index is 14.1. The normalized spacial score (nSPS) is 13.2. The van der Waals surface area contributed by atoms with E-state index in [0.29, 0.717) is 0 Å². The minimum Gasteiger partial charge on any atom is -0.480 e. The van der Waals surface area contributed by atoms with Crippen LogP contribution < -0.4 is 5.32 Å². The molecule has 0 aliphatic heterocycles. The summed E-state index contributed by atoms with van der Waals surface area (Å²) in [6.07, 6.45) is -1.63. The van der Waals surface area contributed by atoms with Crippen molar-refractivity contribution in [3.8, 4) is 11.1 Å². The zero-order valence-electron chi connectivity index (χ0n) is 16.6. The van der Waals surface area contributed by atoms with Crippen molar-refractivity contribution in [2.24, 2.45) is 0 Å². The number of halogens is 3.